The summed E-state index contributed by atoms with van der Waals surface area (Å²) in [6.45, 7) is 7.84. The predicted molar refractivity (Wildman–Crippen MR) is 126 cm³/mol. The molecule has 31 heavy (non-hydrogen) atoms. The van der Waals surface area contributed by atoms with Crippen LogP contribution in [0.25, 0.3) is 10.8 Å². The molecule has 1 heterocycles. The Morgan fingerprint density at radius 3 is 2.58 bits per heavy atom. The van der Waals surface area contributed by atoms with Crippen molar-refractivity contribution in [1.82, 2.24) is 0 Å². The number of aliphatic carboxylic acids is 1. The van der Waals surface area contributed by atoms with Gasteiger partial charge in [0.1, 0.15) is 6.10 Å². The molecule has 0 spiro atoms. The fourth-order valence-electron chi connectivity index (χ4n) is 4.43. The quantitative estimate of drug-likeness (QED) is 0.519. The summed E-state index contributed by atoms with van der Waals surface area (Å²) in [5.74, 6) is -0.860. The lowest BCUT2D eigenvalue weighted by molar-refractivity contribution is -0.140. The monoisotopic (exact) mass is 437 g/mol. The van der Waals surface area contributed by atoms with Gasteiger partial charge in [-0.1, -0.05) is 74.8 Å². The molecule has 0 saturated heterocycles. The third-order valence-electron chi connectivity index (χ3n) is 5.54. The highest BCUT2D eigenvalue weighted by molar-refractivity contribution is 6.30. The van der Waals surface area contributed by atoms with E-state index in [9.17, 15) is 9.90 Å². The van der Waals surface area contributed by atoms with Crippen molar-refractivity contribution < 1.29 is 14.6 Å². The highest BCUT2D eigenvalue weighted by Gasteiger charge is 2.33. The summed E-state index contributed by atoms with van der Waals surface area (Å²) in [5, 5.41) is 12.4. The topological polar surface area (TPSA) is 49.8 Å². The van der Waals surface area contributed by atoms with E-state index in [4.69, 9.17) is 16.3 Å². The Morgan fingerprint density at radius 1 is 1.10 bits per heavy atom. The molecule has 162 valence electrons. The summed E-state index contributed by atoms with van der Waals surface area (Å²) >= 11 is 6.43. The van der Waals surface area contributed by atoms with Crippen LogP contribution in [0.2, 0.25) is 5.02 Å². The Kier molecular flexibility index (Phi) is 5.96. The summed E-state index contributed by atoms with van der Waals surface area (Å²) in [6.07, 6.45) is -0.909. The van der Waals surface area contributed by atoms with Crippen LogP contribution in [0.3, 0.4) is 0 Å². The number of ether oxygens (including phenoxy) is 1. The molecule has 1 aliphatic heterocycles. The molecule has 0 radical (unpaired) electrons. The van der Waals surface area contributed by atoms with Crippen LogP contribution in [0, 0.1) is 5.41 Å². The van der Waals surface area contributed by atoms with E-state index in [1.54, 1.807) is 0 Å². The van der Waals surface area contributed by atoms with Gasteiger partial charge >= 0.3 is 5.97 Å². The second kappa shape index (κ2) is 8.52. The van der Waals surface area contributed by atoms with E-state index >= 15 is 0 Å². The fourth-order valence-corrected chi connectivity index (χ4v) is 4.61. The van der Waals surface area contributed by atoms with Gasteiger partial charge in [-0.15, -0.1) is 0 Å². The molecule has 5 heteroatoms. The van der Waals surface area contributed by atoms with Crippen LogP contribution in [-0.4, -0.2) is 30.3 Å². The van der Waals surface area contributed by atoms with Gasteiger partial charge in [0.05, 0.1) is 12.5 Å². The highest BCUT2D eigenvalue weighted by Crippen LogP contribution is 2.42. The normalized spacial score (nSPS) is 19.2. The van der Waals surface area contributed by atoms with E-state index in [-0.39, 0.29) is 11.8 Å². The third-order valence-corrected chi connectivity index (χ3v) is 5.77. The van der Waals surface area contributed by atoms with Crippen LogP contribution in [0.1, 0.15) is 44.4 Å². The summed E-state index contributed by atoms with van der Waals surface area (Å²) in [4.78, 5) is 13.9. The zero-order chi connectivity index (χ0) is 22.2. The van der Waals surface area contributed by atoms with E-state index in [0.717, 1.165) is 34.1 Å². The number of nitrogens with zero attached hydrogens (tertiary/aromatic N) is 1. The molecule has 3 aromatic rings. The third kappa shape index (κ3) is 4.86. The molecule has 3 aromatic carbocycles. The second-order valence-electron chi connectivity index (χ2n) is 9.45. The maximum atomic E-state index is 11.6. The summed E-state index contributed by atoms with van der Waals surface area (Å²) in [5.41, 5.74) is 3.07. The van der Waals surface area contributed by atoms with Crippen molar-refractivity contribution in [3.05, 3.63) is 76.8 Å². The maximum Gasteiger partial charge on any atom is 0.306 e. The molecule has 0 saturated carbocycles. The van der Waals surface area contributed by atoms with Crippen molar-refractivity contribution in [2.75, 3.05) is 18.0 Å². The van der Waals surface area contributed by atoms with Gasteiger partial charge in [-0.2, -0.15) is 0 Å². The number of hydrogen-bond donors (Lipinski definition) is 1. The first-order chi connectivity index (χ1) is 14.7. The van der Waals surface area contributed by atoms with Crippen molar-refractivity contribution in [3.63, 3.8) is 0 Å². The number of fused-ring (bicyclic) bond motifs is 2. The minimum atomic E-state index is -0.860. The van der Waals surface area contributed by atoms with Crippen LogP contribution < -0.4 is 4.90 Å². The molecule has 1 N–H and O–H groups in total. The Balaban J connectivity index is 1.90. The molecule has 1 aliphatic rings. The number of carboxylic acid groups (broad SMARTS) is 1. The minimum Gasteiger partial charge on any atom is -0.481 e. The van der Waals surface area contributed by atoms with Crippen LogP contribution in [0.4, 0.5) is 5.69 Å². The lowest BCUT2D eigenvalue weighted by atomic mass is 9.93. The first-order valence-corrected chi connectivity index (χ1v) is 11.0. The lowest BCUT2D eigenvalue weighted by Gasteiger charge is -2.33. The van der Waals surface area contributed by atoms with E-state index in [1.165, 1.54) is 0 Å². The number of anilines is 1. The smallest absolute Gasteiger partial charge is 0.306 e. The number of halogens is 1. The predicted octanol–water partition coefficient (Wildman–Crippen LogP) is 6.31. The number of benzene rings is 3. The molecule has 0 fully saturated rings. The van der Waals surface area contributed by atoms with Gasteiger partial charge in [-0.05, 0) is 39.9 Å². The lowest BCUT2D eigenvalue weighted by Crippen LogP contribution is -2.38. The molecule has 0 aliphatic carbocycles. The first kappa shape index (κ1) is 21.7. The van der Waals surface area contributed by atoms with Gasteiger partial charge in [0.25, 0.3) is 0 Å². The molecule has 0 unspecified atom stereocenters. The number of carboxylic acids is 1. The minimum absolute atomic E-state index is 0.0317. The van der Waals surface area contributed by atoms with Crippen LogP contribution in [0.5, 0.6) is 0 Å². The molecule has 0 amide bonds. The number of rotatable bonds is 4. The van der Waals surface area contributed by atoms with Crippen LogP contribution in [0.15, 0.2) is 60.7 Å². The van der Waals surface area contributed by atoms with Crippen LogP contribution >= 0.6 is 11.6 Å². The molecule has 4 nitrogen and oxygen atoms in total. The fraction of sp³-hybridized carbons (Fsp3) is 0.346. The van der Waals surface area contributed by atoms with Gasteiger partial charge in [0.15, 0.2) is 0 Å². The van der Waals surface area contributed by atoms with Gasteiger partial charge in [-0.25, -0.2) is 0 Å². The molecule has 0 aromatic heterocycles. The molecule has 2 atom stereocenters. The highest BCUT2D eigenvalue weighted by atomic mass is 35.5. The Labute approximate surface area is 188 Å². The van der Waals surface area contributed by atoms with Crippen molar-refractivity contribution in [3.8, 4) is 0 Å². The standard InChI is InChI=1S/C26H28ClNO3/c1-26(2,3)16-28-15-19(14-24(29)30)31-25(22-13-18(27)11-12-23(22)28)21-10-6-8-17-7-4-5-9-20(17)21/h4-13,19,25H,14-16H2,1-3H3,(H,29,30)/t19-,25-/m1/s1. The first-order valence-electron chi connectivity index (χ1n) is 10.6. The molecular formula is C26H28ClNO3. The van der Waals surface area contributed by atoms with Gasteiger partial charge < -0.3 is 14.7 Å². The SMILES string of the molecule is CC(C)(C)CN1C[C@@H](CC(=O)O)O[C@H](c2cccc3ccccc23)c2cc(Cl)ccc21. The van der Waals surface area contributed by atoms with Crippen LogP contribution in [-0.2, 0) is 9.53 Å². The largest absolute Gasteiger partial charge is 0.481 e. The Morgan fingerprint density at radius 2 is 1.84 bits per heavy atom. The Bertz CT molecular complexity index is 1100. The molecule has 4 rings (SSSR count). The average Bonchev–Trinajstić information content (AvgIpc) is 2.82. The van der Waals surface area contributed by atoms with Gasteiger partial charge in [0.2, 0.25) is 0 Å². The van der Waals surface area contributed by atoms with Crippen molar-refractivity contribution in [1.29, 1.82) is 0 Å². The zero-order valence-corrected chi connectivity index (χ0v) is 18.9. The number of carbonyl (C=O) groups is 1. The molecular weight excluding hydrogens is 410 g/mol. The van der Waals surface area contributed by atoms with E-state index < -0.39 is 18.2 Å². The molecule has 0 bridgehead atoms. The number of hydrogen-bond acceptors (Lipinski definition) is 3. The van der Waals surface area contributed by atoms with Crippen molar-refractivity contribution in [2.45, 2.75) is 39.4 Å². The average molecular weight is 438 g/mol. The van der Waals surface area contributed by atoms with E-state index in [0.29, 0.717) is 11.6 Å². The van der Waals surface area contributed by atoms with E-state index in [2.05, 4.69) is 49.9 Å². The maximum absolute atomic E-state index is 11.6. The summed E-state index contributed by atoms with van der Waals surface area (Å²) < 4.78 is 6.56. The second-order valence-corrected chi connectivity index (χ2v) is 9.89. The van der Waals surface area contributed by atoms with Crippen molar-refractivity contribution in [2.24, 2.45) is 5.41 Å². The van der Waals surface area contributed by atoms with Crippen molar-refractivity contribution >= 4 is 34.0 Å². The van der Waals surface area contributed by atoms with E-state index in [1.807, 2.05) is 36.4 Å². The van der Waals surface area contributed by atoms with Gasteiger partial charge in [-0.3, -0.25) is 4.79 Å². The summed E-state index contributed by atoms with van der Waals surface area (Å²) in [6, 6.07) is 20.3. The van der Waals surface area contributed by atoms with Gasteiger partial charge in [0, 0.05) is 29.4 Å². The zero-order valence-electron chi connectivity index (χ0n) is 18.1. The Hall–Kier alpha value is -2.56. The summed E-state index contributed by atoms with van der Waals surface area (Å²) in [7, 11) is 0.